The van der Waals surface area contributed by atoms with Crippen LogP contribution in [0.1, 0.15) is 33.1 Å². The molecule has 6 heteroatoms. The van der Waals surface area contributed by atoms with Gasteiger partial charge in [0, 0.05) is 19.6 Å². The summed E-state index contributed by atoms with van der Waals surface area (Å²) in [6, 6.07) is 0. The Morgan fingerprint density at radius 1 is 1.41 bits per heavy atom. The molecule has 1 rings (SSSR count). The first-order valence-electron chi connectivity index (χ1n) is 6.55. The minimum atomic E-state index is -3.28. The molecule has 0 radical (unpaired) electrons. The van der Waals surface area contributed by atoms with Crippen molar-refractivity contribution in [3.63, 3.8) is 0 Å². The van der Waals surface area contributed by atoms with Crippen molar-refractivity contribution in [2.45, 2.75) is 33.1 Å². The Hall–Kier alpha value is -0.170. The molecule has 0 aromatic heterocycles. The maximum Gasteiger partial charge on any atom is 0.279 e. The van der Waals surface area contributed by atoms with Crippen molar-refractivity contribution in [2.75, 3.05) is 32.7 Å². The van der Waals surface area contributed by atoms with Gasteiger partial charge in [-0.3, -0.25) is 0 Å². The predicted octanol–water partition coefficient (Wildman–Crippen LogP) is 0.552. The zero-order chi connectivity index (χ0) is 12.7. The minimum Gasteiger partial charge on any atom is -0.316 e. The number of nitrogens with zero attached hydrogens (tertiary/aromatic N) is 1. The number of rotatable bonds is 7. The molecule has 102 valence electrons. The summed E-state index contributed by atoms with van der Waals surface area (Å²) < 4.78 is 28.2. The van der Waals surface area contributed by atoms with Crippen LogP contribution >= 0.6 is 0 Å². The first kappa shape index (κ1) is 14.9. The van der Waals surface area contributed by atoms with Gasteiger partial charge in [0.25, 0.3) is 10.2 Å². The highest BCUT2D eigenvalue weighted by molar-refractivity contribution is 7.87. The molecule has 2 N–H and O–H groups in total. The highest BCUT2D eigenvalue weighted by Gasteiger charge is 2.24. The molecule has 0 aromatic rings. The fourth-order valence-corrected chi connectivity index (χ4v) is 3.48. The van der Waals surface area contributed by atoms with Crippen LogP contribution < -0.4 is 10.0 Å². The molecule has 0 spiro atoms. The van der Waals surface area contributed by atoms with Crippen LogP contribution in [0.15, 0.2) is 0 Å². The smallest absolute Gasteiger partial charge is 0.279 e. The van der Waals surface area contributed by atoms with Gasteiger partial charge in [-0.2, -0.15) is 12.7 Å². The molecule has 1 fully saturated rings. The van der Waals surface area contributed by atoms with Gasteiger partial charge >= 0.3 is 0 Å². The van der Waals surface area contributed by atoms with Crippen LogP contribution in [0.5, 0.6) is 0 Å². The van der Waals surface area contributed by atoms with Gasteiger partial charge < -0.3 is 5.32 Å². The second-order valence-corrected chi connectivity index (χ2v) is 6.32. The fourth-order valence-electron chi connectivity index (χ4n) is 2.09. The van der Waals surface area contributed by atoms with Crippen LogP contribution in [0.4, 0.5) is 0 Å². The van der Waals surface area contributed by atoms with Crippen molar-refractivity contribution in [3.05, 3.63) is 0 Å². The molecule has 17 heavy (non-hydrogen) atoms. The van der Waals surface area contributed by atoms with Crippen molar-refractivity contribution in [3.8, 4) is 0 Å². The maximum absolute atomic E-state index is 12.0. The van der Waals surface area contributed by atoms with Gasteiger partial charge in [0.1, 0.15) is 0 Å². The van der Waals surface area contributed by atoms with Gasteiger partial charge in [-0.1, -0.05) is 13.8 Å². The van der Waals surface area contributed by atoms with Crippen LogP contribution in [-0.2, 0) is 10.2 Å². The molecular weight excluding hydrogens is 238 g/mol. The van der Waals surface area contributed by atoms with Crippen LogP contribution in [0.25, 0.3) is 0 Å². The Morgan fingerprint density at radius 2 is 2.18 bits per heavy atom. The first-order valence-corrected chi connectivity index (χ1v) is 7.99. The normalized spacial score (nSPS) is 21.9. The average molecular weight is 263 g/mol. The molecule has 0 amide bonds. The number of hydrogen-bond acceptors (Lipinski definition) is 3. The summed E-state index contributed by atoms with van der Waals surface area (Å²) in [4.78, 5) is 0. The van der Waals surface area contributed by atoms with Crippen LogP contribution in [0.2, 0.25) is 0 Å². The molecule has 0 aliphatic carbocycles. The molecule has 0 aromatic carbocycles. The van der Waals surface area contributed by atoms with Gasteiger partial charge in [-0.05, 0) is 38.3 Å². The number of piperidine rings is 1. The lowest BCUT2D eigenvalue weighted by Crippen LogP contribution is -2.45. The lowest BCUT2D eigenvalue weighted by atomic mass is 10.00. The first-order chi connectivity index (χ1) is 8.10. The standard InChI is InChI=1S/C11H25N3O2S/c1-3-7-13-17(15,16)14(4-2)10-11-6-5-8-12-9-11/h11-13H,3-10H2,1-2H3. The van der Waals surface area contributed by atoms with E-state index >= 15 is 0 Å². The average Bonchev–Trinajstić information content (AvgIpc) is 2.34. The molecule has 1 heterocycles. The largest absolute Gasteiger partial charge is 0.316 e. The molecule has 0 bridgehead atoms. The topological polar surface area (TPSA) is 61.4 Å². The SMILES string of the molecule is CCCNS(=O)(=O)N(CC)CC1CCCNC1. The monoisotopic (exact) mass is 263 g/mol. The van der Waals surface area contributed by atoms with E-state index < -0.39 is 10.2 Å². The van der Waals surface area contributed by atoms with Crippen molar-refractivity contribution >= 4 is 10.2 Å². The van der Waals surface area contributed by atoms with Crippen LogP contribution in [-0.4, -0.2) is 45.4 Å². The molecule has 1 atom stereocenters. The highest BCUT2D eigenvalue weighted by atomic mass is 32.2. The molecule has 5 nitrogen and oxygen atoms in total. The minimum absolute atomic E-state index is 0.446. The van der Waals surface area contributed by atoms with Crippen LogP contribution in [0, 0.1) is 5.92 Å². The van der Waals surface area contributed by atoms with Gasteiger partial charge in [0.2, 0.25) is 0 Å². The van der Waals surface area contributed by atoms with Crippen molar-refractivity contribution < 1.29 is 8.42 Å². The quantitative estimate of drug-likeness (QED) is 0.705. The van der Waals surface area contributed by atoms with Gasteiger partial charge in [0.15, 0.2) is 0 Å². The summed E-state index contributed by atoms with van der Waals surface area (Å²) in [5, 5.41) is 3.32. The van der Waals surface area contributed by atoms with E-state index in [4.69, 9.17) is 0 Å². The van der Waals surface area contributed by atoms with E-state index in [9.17, 15) is 8.42 Å². The van der Waals surface area contributed by atoms with E-state index in [0.29, 0.717) is 25.6 Å². The molecule has 1 aliphatic heterocycles. The van der Waals surface area contributed by atoms with Crippen molar-refractivity contribution in [1.29, 1.82) is 0 Å². The third kappa shape index (κ3) is 4.91. The summed E-state index contributed by atoms with van der Waals surface area (Å²) in [7, 11) is -3.28. The van der Waals surface area contributed by atoms with Crippen LogP contribution in [0.3, 0.4) is 0 Å². The Kier molecular flexibility index (Phi) is 6.40. The van der Waals surface area contributed by atoms with Gasteiger partial charge in [-0.15, -0.1) is 0 Å². The van der Waals surface area contributed by atoms with E-state index in [0.717, 1.165) is 32.4 Å². The van der Waals surface area contributed by atoms with Crippen molar-refractivity contribution in [2.24, 2.45) is 5.92 Å². The Bertz CT molecular complexity index is 300. The van der Waals surface area contributed by atoms with E-state index in [-0.39, 0.29) is 0 Å². The summed E-state index contributed by atoms with van der Waals surface area (Å²) in [6.45, 7) is 7.52. The molecule has 1 saturated heterocycles. The highest BCUT2D eigenvalue weighted by Crippen LogP contribution is 2.13. The second kappa shape index (κ2) is 7.31. The Labute approximate surface area is 105 Å². The lowest BCUT2D eigenvalue weighted by Gasteiger charge is -2.28. The van der Waals surface area contributed by atoms with Gasteiger partial charge in [-0.25, -0.2) is 4.72 Å². The summed E-state index contributed by atoms with van der Waals surface area (Å²) in [5.41, 5.74) is 0. The third-order valence-electron chi connectivity index (χ3n) is 3.09. The Balaban J connectivity index is 2.51. The summed E-state index contributed by atoms with van der Waals surface area (Å²) in [5.74, 6) is 0.446. The Morgan fingerprint density at radius 3 is 2.71 bits per heavy atom. The van der Waals surface area contributed by atoms with Crippen molar-refractivity contribution in [1.82, 2.24) is 14.3 Å². The van der Waals surface area contributed by atoms with E-state index in [1.54, 1.807) is 4.31 Å². The van der Waals surface area contributed by atoms with E-state index in [1.807, 2.05) is 13.8 Å². The fraction of sp³-hybridized carbons (Fsp3) is 1.00. The maximum atomic E-state index is 12.0. The van der Waals surface area contributed by atoms with Gasteiger partial charge in [0.05, 0.1) is 0 Å². The molecular formula is C11H25N3O2S. The zero-order valence-corrected chi connectivity index (χ0v) is 11.7. The third-order valence-corrected chi connectivity index (χ3v) is 4.74. The molecule has 1 unspecified atom stereocenters. The lowest BCUT2D eigenvalue weighted by molar-refractivity contribution is 0.295. The predicted molar refractivity (Wildman–Crippen MR) is 70.1 cm³/mol. The number of nitrogens with one attached hydrogen (secondary N) is 2. The summed E-state index contributed by atoms with van der Waals surface area (Å²) in [6.07, 6.45) is 3.08. The van der Waals surface area contributed by atoms with E-state index in [2.05, 4.69) is 10.0 Å². The number of hydrogen-bond donors (Lipinski definition) is 2. The summed E-state index contributed by atoms with van der Waals surface area (Å²) >= 11 is 0. The molecule has 1 aliphatic rings. The zero-order valence-electron chi connectivity index (χ0n) is 10.9. The second-order valence-electron chi connectivity index (χ2n) is 4.56. The van der Waals surface area contributed by atoms with E-state index in [1.165, 1.54) is 0 Å². The molecule has 0 saturated carbocycles.